The number of phenolic OH excluding ortho intramolecular Hbond substituents is 1. The minimum atomic E-state index is -0.801. The second-order valence-electron chi connectivity index (χ2n) is 16.5. The number of thiazole rings is 1. The number of para-hydroxylation sites is 1. The summed E-state index contributed by atoms with van der Waals surface area (Å²) in [5.41, 5.74) is 7.92. The zero-order valence-corrected chi connectivity index (χ0v) is 35.4. The number of aryl methyl sites for hydroxylation is 1. The highest BCUT2D eigenvalue weighted by Crippen LogP contribution is 2.36. The van der Waals surface area contributed by atoms with E-state index in [1.165, 1.54) is 4.90 Å². The molecule has 3 aliphatic heterocycles. The van der Waals surface area contributed by atoms with Gasteiger partial charge in [0.2, 0.25) is 11.8 Å². The number of phenols is 1. The molecule has 2 saturated heterocycles. The van der Waals surface area contributed by atoms with Crippen LogP contribution in [-0.4, -0.2) is 123 Å². The minimum Gasteiger partial charge on any atom is -0.507 e. The maximum Gasteiger partial charge on any atom is 0.243 e. The molecule has 5 aromatic rings. The lowest BCUT2D eigenvalue weighted by atomic mass is 9.91. The summed E-state index contributed by atoms with van der Waals surface area (Å²) in [4.78, 5) is 39.7. The highest BCUT2D eigenvalue weighted by molar-refractivity contribution is 7.13. The normalized spacial score (nSPS) is 20.1. The van der Waals surface area contributed by atoms with Crippen molar-refractivity contribution in [3.63, 3.8) is 0 Å². The molecule has 0 spiro atoms. The first kappa shape index (κ1) is 41.3. The van der Waals surface area contributed by atoms with Gasteiger partial charge in [-0.15, -0.1) is 21.5 Å². The molecule has 8 rings (SSSR count). The smallest absolute Gasteiger partial charge is 0.243 e. The summed E-state index contributed by atoms with van der Waals surface area (Å²) in [7, 11) is 0. The van der Waals surface area contributed by atoms with E-state index in [2.05, 4.69) is 46.1 Å². The first-order valence-electron chi connectivity index (χ1n) is 20.9. The van der Waals surface area contributed by atoms with Gasteiger partial charge in [0.25, 0.3) is 0 Å². The van der Waals surface area contributed by atoms with Gasteiger partial charge in [0.15, 0.2) is 5.82 Å². The number of hydrogen-bond donors (Lipinski definition) is 5. The summed E-state index contributed by atoms with van der Waals surface area (Å²) in [6.07, 6.45) is 0.00507. The van der Waals surface area contributed by atoms with Crippen LogP contribution >= 0.6 is 11.3 Å². The molecule has 60 heavy (non-hydrogen) atoms. The van der Waals surface area contributed by atoms with Crippen molar-refractivity contribution in [2.45, 2.75) is 70.7 Å². The van der Waals surface area contributed by atoms with Crippen LogP contribution in [0.25, 0.3) is 21.7 Å². The molecule has 5 N–H and O–H groups in total. The number of nitrogens with zero attached hydrogens (tertiary/aromatic N) is 7. The van der Waals surface area contributed by atoms with Crippen LogP contribution in [0, 0.1) is 12.8 Å². The quantitative estimate of drug-likeness (QED) is 0.0980. The number of aromatic hydroxyl groups is 1. The zero-order valence-electron chi connectivity index (χ0n) is 34.5. The largest absolute Gasteiger partial charge is 0.507 e. The summed E-state index contributed by atoms with van der Waals surface area (Å²) in [5.74, 6) is 0.106. The van der Waals surface area contributed by atoms with Crippen LogP contribution in [0.1, 0.15) is 61.9 Å². The number of fused-ring (bicyclic) bond motifs is 3. The Bertz CT molecular complexity index is 2280. The van der Waals surface area contributed by atoms with Crippen molar-refractivity contribution in [1.82, 2.24) is 40.8 Å². The molecule has 316 valence electrons. The van der Waals surface area contributed by atoms with Crippen LogP contribution in [0.2, 0.25) is 0 Å². The topological polar surface area (TPSA) is 185 Å². The Morgan fingerprint density at radius 3 is 2.62 bits per heavy atom. The number of rotatable bonds is 14. The number of amides is 2. The van der Waals surface area contributed by atoms with Crippen molar-refractivity contribution in [2.24, 2.45) is 5.92 Å². The van der Waals surface area contributed by atoms with E-state index in [0.717, 1.165) is 78.2 Å². The van der Waals surface area contributed by atoms with Gasteiger partial charge >= 0.3 is 0 Å². The Morgan fingerprint density at radius 1 is 1.03 bits per heavy atom. The summed E-state index contributed by atoms with van der Waals surface area (Å²) in [6.45, 7) is 13.8. The van der Waals surface area contributed by atoms with Crippen molar-refractivity contribution in [3.05, 3.63) is 88.9 Å². The van der Waals surface area contributed by atoms with Crippen molar-refractivity contribution < 1.29 is 24.3 Å². The third-order valence-electron chi connectivity index (χ3n) is 12.0. The van der Waals surface area contributed by atoms with E-state index < -0.39 is 18.1 Å². The highest BCUT2D eigenvalue weighted by Gasteiger charge is 2.43. The number of β-amino-alcohol motifs (C(OH)–C–C–N with tert-alkyl or cyclic N) is 1. The van der Waals surface area contributed by atoms with E-state index in [0.29, 0.717) is 30.0 Å². The average molecular weight is 835 g/mol. The van der Waals surface area contributed by atoms with Crippen LogP contribution in [0.5, 0.6) is 5.75 Å². The molecular formula is C44H54N10O5S. The van der Waals surface area contributed by atoms with Gasteiger partial charge in [0.1, 0.15) is 23.5 Å². The van der Waals surface area contributed by atoms with Crippen LogP contribution in [-0.2, 0) is 16.0 Å². The number of carbonyl (C=O) groups excluding carboxylic acids is 2. The monoisotopic (exact) mass is 834 g/mol. The second-order valence-corrected chi connectivity index (χ2v) is 17.3. The van der Waals surface area contributed by atoms with E-state index in [1.54, 1.807) is 23.5 Å². The lowest BCUT2D eigenvalue weighted by molar-refractivity contribution is -0.141. The van der Waals surface area contributed by atoms with E-state index >= 15 is 0 Å². The van der Waals surface area contributed by atoms with Gasteiger partial charge in [-0.1, -0.05) is 55.4 Å². The molecule has 6 heterocycles. The molecule has 2 amide bonds. The van der Waals surface area contributed by atoms with Crippen molar-refractivity contribution in [2.75, 3.05) is 62.6 Å². The van der Waals surface area contributed by atoms with Gasteiger partial charge in [-0.25, -0.2) is 4.98 Å². The minimum absolute atomic E-state index is 0.0806. The second kappa shape index (κ2) is 18.1. The number of likely N-dealkylation sites (tertiary alicyclic amines) is 1. The van der Waals surface area contributed by atoms with Gasteiger partial charge in [-0.05, 0) is 49.1 Å². The van der Waals surface area contributed by atoms with Crippen LogP contribution < -0.4 is 20.9 Å². The molecule has 0 radical (unpaired) electrons. The fourth-order valence-electron chi connectivity index (χ4n) is 8.66. The van der Waals surface area contributed by atoms with Gasteiger partial charge < -0.3 is 40.5 Å². The fraction of sp³-hybridized carbons (Fsp3) is 0.455. The maximum absolute atomic E-state index is 14.2. The number of aliphatic hydroxyl groups is 1. The van der Waals surface area contributed by atoms with Crippen molar-refractivity contribution >= 4 is 34.7 Å². The van der Waals surface area contributed by atoms with E-state index in [9.17, 15) is 19.8 Å². The molecule has 3 aliphatic rings. The predicted octanol–water partition coefficient (Wildman–Crippen LogP) is 4.60. The fourth-order valence-corrected chi connectivity index (χ4v) is 9.48. The maximum atomic E-state index is 14.2. The molecule has 2 aromatic carbocycles. The Balaban J connectivity index is 0.810. The number of nitrogens with one attached hydrogen (secondary N) is 3. The molecule has 15 nitrogen and oxygen atoms in total. The molecule has 5 atom stereocenters. The number of benzene rings is 2. The first-order valence-corrected chi connectivity index (χ1v) is 21.8. The SMILES string of the molecule is Cc1ncsc1-c1ccc([C@H](C)NC(=O)[C@@H]2C[C@@H](O)CN2C(=O)C(c2cc(CCNCCN3CCN4c5cc(-c6ccccc6O)nnc5NC[C@H]4C3)no2)C(C)C)cc1. The molecular weight excluding hydrogens is 781 g/mol. The first-order chi connectivity index (χ1) is 29.0. The van der Waals surface area contributed by atoms with Crippen molar-refractivity contribution in [1.29, 1.82) is 0 Å². The Labute approximate surface area is 354 Å². The van der Waals surface area contributed by atoms with Crippen LogP contribution in [0.3, 0.4) is 0 Å². The number of hydrogen-bond acceptors (Lipinski definition) is 14. The van der Waals surface area contributed by atoms with Gasteiger partial charge in [0.05, 0.1) is 51.3 Å². The van der Waals surface area contributed by atoms with Gasteiger partial charge in [0, 0.05) is 76.8 Å². The van der Waals surface area contributed by atoms with Crippen LogP contribution in [0.15, 0.2) is 70.7 Å². The molecule has 1 unspecified atom stereocenters. The molecule has 16 heteroatoms. The van der Waals surface area contributed by atoms with Crippen LogP contribution in [0.4, 0.5) is 11.5 Å². The third kappa shape index (κ3) is 8.87. The highest BCUT2D eigenvalue weighted by atomic mass is 32.1. The Morgan fingerprint density at radius 2 is 1.85 bits per heavy atom. The summed E-state index contributed by atoms with van der Waals surface area (Å²) < 4.78 is 5.79. The number of carbonyl (C=O) groups is 2. The molecule has 0 aliphatic carbocycles. The summed E-state index contributed by atoms with van der Waals surface area (Å²) in [6, 6.07) is 18.3. The van der Waals surface area contributed by atoms with E-state index in [1.807, 2.05) is 81.7 Å². The Kier molecular flexibility index (Phi) is 12.4. The average Bonchev–Trinajstić information content (AvgIpc) is 4.00. The predicted molar refractivity (Wildman–Crippen MR) is 231 cm³/mol. The number of anilines is 2. The summed E-state index contributed by atoms with van der Waals surface area (Å²) >= 11 is 1.60. The summed E-state index contributed by atoms with van der Waals surface area (Å²) in [5, 5.41) is 44.2. The number of aliphatic hydroxyl groups excluding tert-OH is 1. The van der Waals surface area contributed by atoms with Gasteiger partial charge in [-0.3, -0.25) is 14.5 Å². The molecule has 0 bridgehead atoms. The van der Waals surface area contributed by atoms with E-state index in [-0.39, 0.29) is 48.5 Å². The standard InChI is InChI=1S/C44H54N10O5S/c1-26(2)40(44(58)54-24-33(55)20-37(54)43(57)48-27(3)29-9-11-30(12-10-29)41-28(4)47-25-60-41)39-19-31(51-59-39)13-14-45-15-16-52-17-18-53-32(23-52)22-46-42-36(53)21-35(49-50-42)34-7-5-6-8-38(34)56/h5-12,19,21,25-27,32-33,37,40,45,55-56H,13-18,20,22-24H2,1-4H3,(H,46,50)(H,48,57)/t27-,32-,33+,37-,40?/m0/s1. The molecule has 0 saturated carbocycles. The molecule has 3 aromatic heterocycles. The third-order valence-corrected chi connectivity index (χ3v) is 12.9. The van der Waals surface area contributed by atoms with Gasteiger partial charge in [-0.2, -0.15) is 0 Å². The molecule has 2 fully saturated rings. The van der Waals surface area contributed by atoms with E-state index in [4.69, 9.17) is 4.52 Å². The number of aromatic nitrogens is 4. The number of piperazine rings is 1. The zero-order chi connectivity index (χ0) is 41.9. The lowest BCUT2D eigenvalue weighted by Gasteiger charge is -2.45. The lowest BCUT2D eigenvalue weighted by Crippen LogP contribution is -2.58. The Hall–Kier alpha value is -5.42. The van der Waals surface area contributed by atoms with Crippen molar-refractivity contribution in [3.8, 4) is 27.4 Å².